The second kappa shape index (κ2) is 7.37. The van der Waals surface area contributed by atoms with Crippen molar-refractivity contribution < 1.29 is 4.74 Å². The molecular formula is C17H27ClN2O. The van der Waals surface area contributed by atoms with Crippen molar-refractivity contribution in [2.24, 2.45) is 5.92 Å². The van der Waals surface area contributed by atoms with Gasteiger partial charge in [0, 0.05) is 30.2 Å². The molecule has 1 aliphatic rings. The summed E-state index contributed by atoms with van der Waals surface area (Å²) in [7, 11) is 1.71. The average Bonchev–Trinajstić information content (AvgIpc) is 2.48. The Morgan fingerprint density at radius 2 is 2.19 bits per heavy atom. The van der Waals surface area contributed by atoms with Gasteiger partial charge in [0.25, 0.3) is 0 Å². The number of nitrogens with one attached hydrogen (secondary N) is 1. The van der Waals surface area contributed by atoms with Crippen LogP contribution < -0.4 is 15.0 Å². The largest absolute Gasteiger partial charge is 0.495 e. The van der Waals surface area contributed by atoms with Gasteiger partial charge in [0.15, 0.2) is 0 Å². The molecule has 0 aromatic heterocycles. The lowest BCUT2D eigenvalue weighted by Crippen LogP contribution is -2.48. The van der Waals surface area contributed by atoms with E-state index >= 15 is 0 Å². The molecule has 1 aliphatic heterocycles. The Morgan fingerprint density at radius 3 is 2.81 bits per heavy atom. The summed E-state index contributed by atoms with van der Waals surface area (Å²) < 4.78 is 5.52. The summed E-state index contributed by atoms with van der Waals surface area (Å²) >= 11 is 6.20. The Bertz CT molecular complexity index is 478. The van der Waals surface area contributed by atoms with Gasteiger partial charge >= 0.3 is 0 Å². The van der Waals surface area contributed by atoms with Crippen molar-refractivity contribution in [3.63, 3.8) is 0 Å². The first-order valence-corrected chi connectivity index (χ1v) is 8.27. The maximum atomic E-state index is 6.20. The maximum Gasteiger partial charge on any atom is 0.143 e. The predicted octanol–water partition coefficient (Wildman–Crippen LogP) is 3.87. The van der Waals surface area contributed by atoms with E-state index in [0.717, 1.165) is 36.0 Å². The van der Waals surface area contributed by atoms with Crippen LogP contribution in [0.25, 0.3) is 0 Å². The number of anilines is 1. The normalized spacial score (nSPS) is 22.4. The zero-order chi connectivity index (χ0) is 15.4. The van der Waals surface area contributed by atoms with Crippen molar-refractivity contribution in [1.29, 1.82) is 0 Å². The molecule has 1 aromatic rings. The number of hydrogen-bond donors (Lipinski definition) is 1. The van der Waals surface area contributed by atoms with Gasteiger partial charge < -0.3 is 15.0 Å². The van der Waals surface area contributed by atoms with Gasteiger partial charge in [-0.3, -0.25) is 0 Å². The first-order valence-electron chi connectivity index (χ1n) is 7.89. The van der Waals surface area contributed by atoms with E-state index in [-0.39, 0.29) is 0 Å². The van der Waals surface area contributed by atoms with Gasteiger partial charge in [0.2, 0.25) is 0 Å². The van der Waals surface area contributed by atoms with E-state index in [1.54, 1.807) is 7.11 Å². The zero-order valence-corrected chi connectivity index (χ0v) is 14.3. The van der Waals surface area contributed by atoms with Gasteiger partial charge in [-0.15, -0.1) is 0 Å². The van der Waals surface area contributed by atoms with Crippen LogP contribution in [-0.2, 0) is 0 Å². The van der Waals surface area contributed by atoms with Crippen LogP contribution in [0.2, 0.25) is 5.02 Å². The molecule has 1 fully saturated rings. The molecule has 1 aromatic carbocycles. The summed E-state index contributed by atoms with van der Waals surface area (Å²) in [6.45, 7) is 9.81. The molecule has 2 unspecified atom stereocenters. The summed E-state index contributed by atoms with van der Waals surface area (Å²) in [5.41, 5.74) is 2.27. The van der Waals surface area contributed by atoms with Gasteiger partial charge in [-0.2, -0.15) is 0 Å². The second-order valence-corrected chi connectivity index (χ2v) is 6.45. The van der Waals surface area contributed by atoms with Gasteiger partial charge in [0.05, 0.1) is 12.8 Å². The highest BCUT2D eigenvalue weighted by Crippen LogP contribution is 2.35. The van der Waals surface area contributed by atoms with Crippen LogP contribution >= 0.6 is 11.6 Å². The predicted molar refractivity (Wildman–Crippen MR) is 90.8 cm³/mol. The van der Waals surface area contributed by atoms with E-state index in [4.69, 9.17) is 16.3 Å². The third-order valence-electron chi connectivity index (χ3n) is 4.36. The van der Waals surface area contributed by atoms with E-state index in [0.29, 0.717) is 12.0 Å². The number of rotatable bonds is 5. The van der Waals surface area contributed by atoms with Crippen LogP contribution in [0.5, 0.6) is 5.75 Å². The second-order valence-electron chi connectivity index (χ2n) is 6.05. The van der Waals surface area contributed by atoms with Crippen molar-refractivity contribution in [1.82, 2.24) is 5.32 Å². The molecule has 1 heterocycles. The minimum Gasteiger partial charge on any atom is -0.495 e. The van der Waals surface area contributed by atoms with E-state index in [1.165, 1.54) is 18.5 Å². The number of hydrogen-bond acceptors (Lipinski definition) is 3. The van der Waals surface area contributed by atoms with Crippen LogP contribution in [0.4, 0.5) is 5.69 Å². The Labute approximate surface area is 133 Å². The third kappa shape index (κ3) is 3.83. The van der Waals surface area contributed by atoms with Crippen LogP contribution in [0.3, 0.4) is 0 Å². The van der Waals surface area contributed by atoms with Gasteiger partial charge in [-0.25, -0.2) is 0 Å². The van der Waals surface area contributed by atoms with E-state index in [1.807, 2.05) is 13.0 Å². The smallest absolute Gasteiger partial charge is 0.143 e. The molecule has 0 saturated carbocycles. The first kappa shape index (κ1) is 16.4. The number of aryl methyl sites for hydroxylation is 1. The van der Waals surface area contributed by atoms with Crippen molar-refractivity contribution >= 4 is 17.3 Å². The summed E-state index contributed by atoms with van der Waals surface area (Å²) in [4.78, 5) is 2.43. The van der Waals surface area contributed by atoms with E-state index in [9.17, 15) is 0 Å². The molecule has 1 saturated heterocycles. The Balaban J connectivity index is 2.12. The average molecular weight is 311 g/mol. The fourth-order valence-electron chi connectivity index (χ4n) is 3.06. The summed E-state index contributed by atoms with van der Waals surface area (Å²) in [6.07, 6.45) is 2.36. The first-order chi connectivity index (χ1) is 10.1. The van der Waals surface area contributed by atoms with E-state index < -0.39 is 0 Å². The standard InChI is InChI=1S/C17H27ClN2O/c1-5-7-19-15-6-8-20(11-13(15)3)16-9-12(2)14(18)10-17(16)21-4/h9-10,13,15,19H,5-8,11H2,1-4H3. The van der Waals surface area contributed by atoms with Crippen LogP contribution in [0.1, 0.15) is 32.3 Å². The minimum atomic E-state index is 0.626. The van der Waals surface area contributed by atoms with Crippen molar-refractivity contribution in [2.75, 3.05) is 31.6 Å². The fourth-order valence-corrected chi connectivity index (χ4v) is 3.21. The van der Waals surface area contributed by atoms with E-state index in [2.05, 4.69) is 30.1 Å². The molecule has 118 valence electrons. The van der Waals surface area contributed by atoms with Crippen molar-refractivity contribution in [3.8, 4) is 5.75 Å². The Hall–Kier alpha value is -0.930. The molecule has 3 nitrogen and oxygen atoms in total. The number of benzene rings is 1. The molecule has 2 rings (SSSR count). The maximum absolute atomic E-state index is 6.20. The topological polar surface area (TPSA) is 24.5 Å². The molecule has 2 atom stereocenters. The zero-order valence-electron chi connectivity index (χ0n) is 13.6. The van der Waals surface area contributed by atoms with Crippen LogP contribution in [-0.4, -0.2) is 32.8 Å². The van der Waals surface area contributed by atoms with Gasteiger partial charge in [-0.05, 0) is 43.9 Å². The number of methoxy groups -OCH3 is 1. The lowest BCUT2D eigenvalue weighted by atomic mass is 9.93. The molecule has 0 spiro atoms. The van der Waals surface area contributed by atoms with Gasteiger partial charge in [-0.1, -0.05) is 25.4 Å². The molecule has 0 aliphatic carbocycles. The molecule has 0 bridgehead atoms. The monoisotopic (exact) mass is 310 g/mol. The van der Waals surface area contributed by atoms with Gasteiger partial charge in [0.1, 0.15) is 5.75 Å². The SMILES string of the molecule is CCCNC1CCN(c2cc(C)c(Cl)cc2OC)CC1C. The number of ether oxygens (including phenoxy) is 1. The van der Waals surface area contributed by atoms with Crippen molar-refractivity contribution in [2.45, 2.75) is 39.7 Å². The highest BCUT2D eigenvalue weighted by molar-refractivity contribution is 6.31. The Kier molecular flexibility index (Phi) is 5.77. The molecular weight excluding hydrogens is 284 g/mol. The summed E-state index contributed by atoms with van der Waals surface area (Å²) in [5, 5.41) is 4.43. The molecule has 1 N–H and O–H groups in total. The summed E-state index contributed by atoms with van der Waals surface area (Å²) in [6, 6.07) is 4.70. The number of halogens is 1. The molecule has 21 heavy (non-hydrogen) atoms. The quantitative estimate of drug-likeness (QED) is 0.893. The minimum absolute atomic E-state index is 0.626. The third-order valence-corrected chi connectivity index (χ3v) is 4.77. The summed E-state index contributed by atoms with van der Waals surface area (Å²) in [5.74, 6) is 1.50. The number of nitrogens with zero attached hydrogens (tertiary/aromatic N) is 1. The molecule has 4 heteroatoms. The van der Waals surface area contributed by atoms with Crippen molar-refractivity contribution in [3.05, 3.63) is 22.7 Å². The van der Waals surface area contributed by atoms with Crippen LogP contribution in [0.15, 0.2) is 12.1 Å². The number of piperidine rings is 1. The highest BCUT2D eigenvalue weighted by atomic mass is 35.5. The Morgan fingerprint density at radius 1 is 1.43 bits per heavy atom. The van der Waals surface area contributed by atoms with Crippen LogP contribution in [0, 0.1) is 12.8 Å². The molecule has 0 radical (unpaired) electrons. The lowest BCUT2D eigenvalue weighted by molar-refractivity contribution is 0.320. The lowest BCUT2D eigenvalue weighted by Gasteiger charge is -2.39. The molecule has 0 amide bonds. The fraction of sp³-hybridized carbons (Fsp3) is 0.647. The highest BCUT2D eigenvalue weighted by Gasteiger charge is 2.27.